The molecule has 0 saturated carbocycles. The lowest BCUT2D eigenvalue weighted by atomic mass is 10.1. The molecular formula is C44H32Br2N2. The summed E-state index contributed by atoms with van der Waals surface area (Å²) in [4.78, 5) is 4.60. The molecule has 8 aromatic carbocycles. The van der Waals surface area contributed by atoms with Crippen LogP contribution < -0.4 is 9.80 Å². The van der Waals surface area contributed by atoms with Gasteiger partial charge in [-0.3, -0.25) is 0 Å². The van der Waals surface area contributed by atoms with Crippen molar-refractivity contribution in [2.45, 2.75) is 0 Å². The van der Waals surface area contributed by atoms with Gasteiger partial charge >= 0.3 is 0 Å². The molecule has 0 atom stereocenters. The fraction of sp³-hybridized carbons (Fsp3) is 0. The molecule has 0 aromatic heterocycles. The third-order valence-electron chi connectivity index (χ3n) is 8.21. The highest BCUT2D eigenvalue weighted by molar-refractivity contribution is 9.10. The fourth-order valence-corrected chi connectivity index (χ4v) is 6.52. The van der Waals surface area contributed by atoms with E-state index in [1.165, 1.54) is 32.9 Å². The van der Waals surface area contributed by atoms with Crippen molar-refractivity contribution in [1.29, 1.82) is 0 Å². The number of para-hydroxylation sites is 2. The molecule has 0 aliphatic carbocycles. The molecule has 48 heavy (non-hydrogen) atoms. The molecule has 0 unspecified atom stereocenters. The molecule has 8 aromatic rings. The number of benzene rings is 8. The molecule has 0 bridgehead atoms. The van der Waals surface area contributed by atoms with Gasteiger partial charge in [-0.1, -0.05) is 141 Å². The van der Waals surface area contributed by atoms with E-state index in [2.05, 4.69) is 224 Å². The van der Waals surface area contributed by atoms with E-state index in [1.807, 2.05) is 12.1 Å². The first-order valence-corrected chi connectivity index (χ1v) is 17.4. The maximum absolute atomic E-state index is 3.53. The third-order valence-corrected chi connectivity index (χ3v) is 9.27. The van der Waals surface area contributed by atoms with Crippen LogP contribution in [0.5, 0.6) is 0 Å². The molecule has 0 aliphatic heterocycles. The van der Waals surface area contributed by atoms with Crippen molar-refractivity contribution in [3.63, 3.8) is 0 Å². The zero-order valence-electron chi connectivity index (χ0n) is 26.1. The van der Waals surface area contributed by atoms with Gasteiger partial charge in [-0.05, 0) is 95.7 Å². The summed E-state index contributed by atoms with van der Waals surface area (Å²) >= 11 is 7.06. The van der Waals surface area contributed by atoms with E-state index in [1.54, 1.807) is 0 Å². The monoisotopic (exact) mass is 746 g/mol. The Bertz CT molecular complexity index is 2080. The summed E-state index contributed by atoms with van der Waals surface area (Å²) < 4.78 is 2.16. The highest BCUT2D eigenvalue weighted by atomic mass is 79.9. The summed E-state index contributed by atoms with van der Waals surface area (Å²) in [5, 5.41) is 4.97. The van der Waals surface area contributed by atoms with Crippen LogP contribution in [0.2, 0.25) is 0 Å². The Balaban J connectivity index is 0.000000152. The van der Waals surface area contributed by atoms with E-state index in [0.717, 1.165) is 31.7 Å². The summed E-state index contributed by atoms with van der Waals surface area (Å²) in [6.45, 7) is 0. The largest absolute Gasteiger partial charge is 0.310 e. The van der Waals surface area contributed by atoms with Crippen LogP contribution in [0.15, 0.2) is 203 Å². The van der Waals surface area contributed by atoms with E-state index in [-0.39, 0.29) is 0 Å². The van der Waals surface area contributed by atoms with Gasteiger partial charge in [0, 0.05) is 42.5 Å². The van der Waals surface area contributed by atoms with E-state index >= 15 is 0 Å². The van der Waals surface area contributed by atoms with Crippen LogP contribution in [0, 0.1) is 0 Å². The van der Waals surface area contributed by atoms with Gasteiger partial charge in [0.25, 0.3) is 0 Å². The van der Waals surface area contributed by atoms with E-state index in [9.17, 15) is 0 Å². The molecule has 0 saturated heterocycles. The predicted molar refractivity (Wildman–Crippen MR) is 213 cm³/mol. The smallest absolute Gasteiger partial charge is 0.0540 e. The summed E-state index contributed by atoms with van der Waals surface area (Å²) in [6, 6.07) is 67.8. The Kier molecular flexibility index (Phi) is 9.65. The first-order valence-electron chi connectivity index (χ1n) is 15.8. The highest BCUT2D eigenvalue weighted by Crippen LogP contribution is 2.40. The van der Waals surface area contributed by atoms with Gasteiger partial charge in [0.1, 0.15) is 0 Å². The number of halogens is 2. The van der Waals surface area contributed by atoms with Crippen LogP contribution in [0.1, 0.15) is 0 Å². The second-order valence-electron chi connectivity index (χ2n) is 11.3. The summed E-state index contributed by atoms with van der Waals surface area (Å²) in [5.74, 6) is 0. The van der Waals surface area contributed by atoms with Gasteiger partial charge in [-0.15, -0.1) is 0 Å². The first kappa shape index (κ1) is 31.4. The molecule has 0 heterocycles. The lowest BCUT2D eigenvalue weighted by Crippen LogP contribution is -2.10. The number of hydrogen-bond acceptors (Lipinski definition) is 2. The lowest BCUT2D eigenvalue weighted by Gasteiger charge is -2.26. The molecule has 0 aliphatic rings. The maximum Gasteiger partial charge on any atom is 0.0540 e. The molecule has 0 radical (unpaired) electrons. The minimum atomic E-state index is 1.08. The van der Waals surface area contributed by atoms with E-state index in [4.69, 9.17) is 0 Å². The average Bonchev–Trinajstić information content (AvgIpc) is 3.15. The topological polar surface area (TPSA) is 6.48 Å². The van der Waals surface area contributed by atoms with Crippen molar-refractivity contribution in [2.75, 3.05) is 9.80 Å². The molecular weight excluding hydrogens is 716 g/mol. The van der Waals surface area contributed by atoms with Gasteiger partial charge in [0.2, 0.25) is 0 Å². The maximum atomic E-state index is 3.53. The SMILES string of the molecule is Brc1ccc(N(c2ccccc2)c2cccc3ccccc23)cc1.Brc1ccc(N(c2ccccc2)c2cccc3ccccc23)cc1. The van der Waals surface area contributed by atoms with Gasteiger partial charge in [0.15, 0.2) is 0 Å². The average molecular weight is 749 g/mol. The highest BCUT2D eigenvalue weighted by Gasteiger charge is 2.16. The van der Waals surface area contributed by atoms with Crippen molar-refractivity contribution in [3.05, 3.63) is 203 Å². The Morgan fingerprint density at radius 3 is 0.979 bits per heavy atom. The normalized spacial score (nSPS) is 10.7. The van der Waals surface area contributed by atoms with Crippen LogP contribution in [0.4, 0.5) is 34.1 Å². The van der Waals surface area contributed by atoms with Crippen LogP contribution in [-0.2, 0) is 0 Å². The van der Waals surface area contributed by atoms with Crippen LogP contribution in [-0.4, -0.2) is 0 Å². The first-order chi connectivity index (χ1) is 23.7. The van der Waals surface area contributed by atoms with Crippen molar-refractivity contribution >= 4 is 87.5 Å². The molecule has 4 heteroatoms. The summed E-state index contributed by atoms with van der Waals surface area (Å²) in [7, 11) is 0. The molecule has 8 rings (SSSR count). The van der Waals surface area contributed by atoms with Gasteiger partial charge in [-0.25, -0.2) is 0 Å². The van der Waals surface area contributed by atoms with Gasteiger partial charge in [-0.2, -0.15) is 0 Å². The number of fused-ring (bicyclic) bond motifs is 2. The molecule has 0 fully saturated rings. The van der Waals surface area contributed by atoms with Gasteiger partial charge in [0.05, 0.1) is 11.4 Å². The summed E-state index contributed by atoms with van der Waals surface area (Å²) in [6.07, 6.45) is 0. The lowest BCUT2D eigenvalue weighted by molar-refractivity contribution is 1.29. The number of rotatable bonds is 6. The Morgan fingerprint density at radius 1 is 0.271 bits per heavy atom. The van der Waals surface area contributed by atoms with Crippen molar-refractivity contribution in [2.24, 2.45) is 0 Å². The van der Waals surface area contributed by atoms with Crippen LogP contribution >= 0.6 is 31.9 Å². The minimum Gasteiger partial charge on any atom is -0.310 e. The van der Waals surface area contributed by atoms with Crippen molar-refractivity contribution < 1.29 is 0 Å². The fourth-order valence-electron chi connectivity index (χ4n) is 6.00. The standard InChI is InChI=1S/2C22H16BrN/c2*23-18-13-15-20(16-14-18)24(19-9-2-1-3-10-19)22-12-6-8-17-7-4-5-11-21(17)22/h2*1-16H. The number of hydrogen-bond donors (Lipinski definition) is 0. The quantitative estimate of drug-likeness (QED) is 0.167. The zero-order valence-corrected chi connectivity index (χ0v) is 29.3. The summed E-state index contributed by atoms with van der Waals surface area (Å²) in [5.41, 5.74) is 6.94. The van der Waals surface area contributed by atoms with Crippen molar-refractivity contribution in [1.82, 2.24) is 0 Å². The number of anilines is 6. The number of nitrogens with zero attached hydrogens (tertiary/aromatic N) is 2. The van der Waals surface area contributed by atoms with Crippen LogP contribution in [0.3, 0.4) is 0 Å². The van der Waals surface area contributed by atoms with Gasteiger partial charge < -0.3 is 9.80 Å². The van der Waals surface area contributed by atoms with E-state index in [0.29, 0.717) is 0 Å². The Morgan fingerprint density at radius 2 is 0.583 bits per heavy atom. The van der Waals surface area contributed by atoms with Crippen molar-refractivity contribution in [3.8, 4) is 0 Å². The second kappa shape index (κ2) is 14.7. The Labute approximate surface area is 298 Å². The molecule has 0 amide bonds. The molecule has 232 valence electrons. The molecule has 0 N–H and O–H groups in total. The molecule has 0 spiro atoms. The van der Waals surface area contributed by atoms with E-state index < -0.39 is 0 Å². The van der Waals surface area contributed by atoms with Crippen LogP contribution in [0.25, 0.3) is 21.5 Å². The second-order valence-corrected chi connectivity index (χ2v) is 13.1. The third kappa shape index (κ3) is 6.91. The predicted octanol–water partition coefficient (Wildman–Crippen LogP) is 14.1. The molecule has 2 nitrogen and oxygen atoms in total. The Hall–Kier alpha value is -5.16. The zero-order chi connectivity index (χ0) is 32.7. The minimum absolute atomic E-state index is 1.08.